The predicted octanol–water partition coefficient (Wildman–Crippen LogP) is 13.6. The standard InChI is InChI=1S/C42H62O4P.ClH.Pd/c1-37(2,3)28-19-22-34(31(25-28)40(10,11)12)44-47(43,45-35-23-20-29(38(4,5)6)26-32(35)41(13,14)15)46-36-24-21-30(39(7,8)9)27-33(36)42(16,17)18;;/h19-23,25-27H,1-18H3;1H;/q-1;;+2/p-1. The van der Waals surface area contributed by atoms with E-state index in [2.05, 4.69) is 177 Å². The fourth-order valence-corrected chi connectivity index (χ4v) is 6.57. The molecule has 0 aliphatic rings. The van der Waals surface area contributed by atoms with Crippen molar-refractivity contribution in [2.45, 2.75) is 157 Å². The molecule has 0 saturated heterocycles. The van der Waals surface area contributed by atoms with E-state index in [9.17, 15) is 0 Å². The first-order valence-corrected chi connectivity index (χ1v) is 20.6. The van der Waals surface area contributed by atoms with Crippen LogP contribution in [-0.4, -0.2) is 0 Å². The Morgan fingerprint density at radius 1 is 0.490 bits per heavy atom. The maximum atomic E-state index is 15.3. The van der Waals surface area contributed by atoms with E-state index in [1.54, 1.807) is 0 Å². The van der Waals surface area contributed by atoms with Crippen molar-refractivity contribution in [3.8, 4) is 17.2 Å². The van der Waals surface area contributed by atoms with Crippen LogP contribution in [0.3, 0.4) is 0 Å². The van der Waals surface area contributed by atoms with E-state index in [1.807, 2.05) is 30.3 Å². The third kappa shape index (κ3) is 11.6. The number of hydrogen-bond acceptors (Lipinski definition) is 4. The van der Waals surface area contributed by atoms with Gasteiger partial charge in [-0.05, 0) is 44.9 Å². The Labute approximate surface area is 314 Å². The molecule has 4 nitrogen and oxygen atoms in total. The minimum absolute atomic E-state index is 0.0724. The van der Waals surface area contributed by atoms with Gasteiger partial charge in [-0.1, -0.05) is 160 Å². The summed E-state index contributed by atoms with van der Waals surface area (Å²) in [6.07, 6.45) is 0. The Morgan fingerprint density at radius 2 is 0.816 bits per heavy atom. The van der Waals surface area contributed by atoms with Gasteiger partial charge in [-0.15, -0.1) is 11.6 Å². The summed E-state index contributed by atoms with van der Waals surface area (Å²) in [6, 6.07) is 19.6. The number of benzene rings is 3. The van der Waals surface area contributed by atoms with E-state index in [1.165, 1.54) is 11.1 Å². The third-order valence-electron chi connectivity index (χ3n) is 8.51. The van der Waals surface area contributed by atoms with Crippen LogP contribution in [0.5, 0.6) is 17.2 Å². The topological polar surface area (TPSA) is 44.8 Å². The molecule has 0 aromatic heterocycles. The molecule has 0 radical (unpaired) electrons. The molecule has 0 saturated carbocycles. The zero-order valence-electron chi connectivity index (χ0n) is 33.4. The van der Waals surface area contributed by atoms with Gasteiger partial charge in [-0.25, -0.2) is 0 Å². The fraction of sp³-hybridized carbons (Fsp3) is 0.571. The van der Waals surface area contributed by atoms with Crippen LogP contribution in [0.25, 0.3) is 0 Å². The van der Waals surface area contributed by atoms with Crippen LogP contribution in [0.2, 0.25) is 0 Å². The Balaban J connectivity index is 0.00000409. The van der Waals surface area contributed by atoms with Gasteiger partial charge in [0.15, 0.2) is 0 Å². The molecule has 0 amide bonds. The van der Waals surface area contributed by atoms with Gasteiger partial charge in [-0.2, -0.15) is 22.3 Å². The number of hydrogen-bond donors (Lipinski definition) is 0. The molecule has 0 spiro atoms. The molecule has 0 fully saturated rings. The summed E-state index contributed by atoms with van der Waals surface area (Å²) in [5, 5.41) is 0. The molecule has 0 aliphatic carbocycles. The molecule has 0 bridgehead atoms. The summed E-state index contributed by atoms with van der Waals surface area (Å²) < 4.78 is 35.0. The van der Waals surface area contributed by atoms with E-state index in [-0.39, 0.29) is 32.5 Å². The fourth-order valence-electron chi connectivity index (χ4n) is 5.28. The zero-order valence-corrected chi connectivity index (χ0v) is 36.6. The Bertz CT molecular complexity index is 1440. The molecular weight excluding hydrogens is 741 g/mol. The van der Waals surface area contributed by atoms with Crippen LogP contribution >= 0.6 is 17.4 Å². The van der Waals surface area contributed by atoms with Crippen LogP contribution in [-0.2, 0) is 55.2 Å². The number of phosphoric acid groups is 1. The molecule has 7 heteroatoms. The normalized spacial score (nSPS) is 13.4. The van der Waals surface area contributed by atoms with E-state index in [0.717, 1.165) is 22.3 Å². The van der Waals surface area contributed by atoms with Crippen molar-refractivity contribution in [1.29, 1.82) is 0 Å². The molecule has 0 heterocycles. The first-order valence-electron chi connectivity index (χ1n) is 17.1. The summed E-state index contributed by atoms with van der Waals surface area (Å²) in [5.74, 6) is 1.31. The minimum atomic E-state index is -4.37. The Hall–Kier alpha value is -1.76. The Kier molecular flexibility index (Phi) is 13.4. The van der Waals surface area contributed by atoms with Gasteiger partial charge in [0.25, 0.3) is 0 Å². The molecule has 3 aromatic carbocycles. The van der Waals surface area contributed by atoms with Crippen molar-refractivity contribution in [2.24, 2.45) is 0 Å². The van der Waals surface area contributed by atoms with Crippen LogP contribution in [0.4, 0.5) is 0 Å². The van der Waals surface area contributed by atoms with E-state index < -0.39 is 7.82 Å². The summed E-state index contributed by atoms with van der Waals surface area (Å²) >= 11 is 2.22. The van der Waals surface area contributed by atoms with Crippen molar-refractivity contribution in [3.05, 3.63) is 88.0 Å². The zero-order chi connectivity index (χ0) is 38.2. The Morgan fingerprint density at radius 3 is 1.12 bits per heavy atom. The van der Waals surface area contributed by atoms with Crippen molar-refractivity contribution < 1.29 is 36.3 Å². The molecule has 3 rings (SSSR count). The monoisotopic (exact) mass is 802 g/mol. The van der Waals surface area contributed by atoms with Gasteiger partial charge in [0.1, 0.15) is 11.5 Å². The molecule has 3 aromatic rings. The second-order valence-electron chi connectivity index (χ2n) is 19.3. The molecule has 276 valence electrons. The molecule has 0 aliphatic heterocycles. The van der Waals surface area contributed by atoms with E-state index in [0.29, 0.717) is 17.2 Å². The molecule has 0 atom stereocenters. The summed E-state index contributed by atoms with van der Waals surface area (Å²) in [6.45, 7) is 38.8. The quantitative estimate of drug-likeness (QED) is 0.141. The van der Waals surface area contributed by atoms with Crippen LogP contribution in [0.15, 0.2) is 48.5 Å². The van der Waals surface area contributed by atoms with Crippen molar-refractivity contribution in [3.63, 3.8) is 0 Å². The van der Waals surface area contributed by atoms with E-state index >= 15 is 4.57 Å². The first kappa shape index (κ1) is 43.4. The second kappa shape index (κ2) is 15.1. The molecule has 0 N–H and O–H groups in total. The first-order chi connectivity index (χ1) is 21.9. The summed E-state index contributed by atoms with van der Waals surface area (Å²) in [4.78, 5) is 0. The van der Waals surface area contributed by atoms with Gasteiger partial charge >= 0.3 is 35.5 Å². The molecule has 0 unspecified atom stereocenters. The van der Waals surface area contributed by atoms with Crippen LogP contribution in [0.1, 0.15) is 158 Å². The summed E-state index contributed by atoms with van der Waals surface area (Å²) in [7, 11) is 0.116. The second-order valence-corrected chi connectivity index (χ2v) is 20.7. The summed E-state index contributed by atoms with van der Waals surface area (Å²) in [5.41, 5.74) is 5.02. The van der Waals surface area contributed by atoms with Crippen LogP contribution in [0, 0.1) is 6.07 Å². The van der Waals surface area contributed by atoms with Crippen molar-refractivity contribution in [2.75, 3.05) is 0 Å². The third-order valence-corrected chi connectivity index (χ3v) is 9.75. The van der Waals surface area contributed by atoms with E-state index in [4.69, 9.17) is 13.6 Å². The molecule has 49 heavy (non-hydrogen) atoms. The predicted molar refractivity (Wildman–Crippen MR) is 206 cm³/mol. The maximum absolute atomic E-state index is 15.3. The SMILES string of the molecule is CC(C)(C)c1c[c-]c(OP(=O)(Oc2ccc(C(C)(C)C)cc2C(C)(C)C)Oc2ccc(C(C)(C)C)cc2C(C)(C)C)c(C(C)(C)C)c1.[Cl][Pd+]. The van der Waals surface area contributed by atoms with Gasteiger partial charge in [0, 0.05) is 16.9 Å². The number of rotatable bonds is 6. The van der Waals surface area contributed by atoms with Crippen LogP contribution < -0.4 is 13.6 Å². The van der Waals surface area contributed by atoms with Gasteiger partial charge < -0.3 is 13.6 Å². The van der Waals surface area contributed by atoms with Gasteiger partial charge in [-0.3, -0.25) is 0 Å². The van der Waals surface area contributed by atoms with Crippen molar-refractivity contribution >= 4 is 17.4 Å². The number of halogens is 1. The average molecular weight is 804 g/mol. The van der Waals surface area contributed by atoms with Gasteiger partial charge in [0.05, 0.1) is 0 Å². The molecular formula is C42H62ClO4PPd. The van der Waals surface area contributed by atoms with Crippen molar-refractivity contribution in [1.82, 2.24) is 0 Å². The number of phosphoric ester groups is 1. The van der Waals surface area contributed by atoms with Gasteiger partial charge in [0.2, 0.25) is 0 Å². The average Bonchev–Trinajstić information content (AvgIpc) is 2.91.